The molecule has 0 aromatic carbocycles. The topological polar surface area (TPSA) is 100 Å². The second kappa shape index (κ2) is 3.77. The number of methoxy groups -OCH3 is 1. The zero-order valence-electron chi connectivity index (χ0n) is 9.57. The zero-order chi connectivity index (χ0) is 12.7. The molecule has 18 heavy (non-hydrogen) atoms. The molecule has 0 spiro atoms. The summed E-state index contributed by atoms with van der Waals surface area (Å²) in [6, 6.07) is 1.69. The number of nitrogens with two attached hydrogens (primary N) is 1. The van der Waals surface area contributed by atoms with Gasteiger partial charge in [0.15, 0.2) is 5.82 Å². The number of aromatic nitrogens is 5. The average molecular weight is 246 g/mol. The third-order valence-electron chi connectivity index (χ3n) is 2.58. The van der Waals surface area contributed by atoms with Gasteiger partial charge < -0.3 is 10.6 Å². The molecule has 0 amide bonds. The quantitative estimate of drug-likeness (QED) is 0.600. The molecule has 0 unspecified atom stereocenters. The second-order valence-electron chi connectivity index (χ2n) is 3.76. The fraction of sp³-hybridized carbons (Fsp3) is 0.200. The van der Waals surface area contributed by atoms with Crippen molar-refractivity contribution < 1.29 is 4.74 Å². The van der Waals surface area contributed by atoms with E-state index in [1.54, 1.807) is 13.2 Å². The number of nitrogen functional groups attached to an aromatic ring is 1. The highest BCUT2D eigenvalue weighted by molar-refractivity contribution is 5.78. The van der Waals surface area contributed by atoms with Crippen LogP contribution in [-0.4, -0.2) is 31.4 Å². The Hall–Kier alpha value is -2.48. The van der Waals surface area contributed by atoms with Gasteiger partial charge in [-0.3, -0.25) is 4.79 Å². The van der Waals surface area contributed by atoms with Gasteiger partial charge in [-0.15, -0.1) is 5.10 Å². The van der Waals surface area contributed by atoms with Crippen LogP contribution >= 0.6 is 0 Å². The second-order valence-corrected chi connectivity index (χ2v) is 3.76. The summed E-state index contributed by atoms with van der Waals surface area (Å²) in [5, 5.41) is 4.62. The Labute approximate surface area is 101 Å². The van der Waals surface area contributed by atoms with E-state index in [1.165, 1.54) is 16.9 Å². The summed E-state index contributed by atoms with van der Waals surface area (Å²) in [6.07, 6.45) is 2.92. The maximum atomic E-state index is 11.8. The highest BCUT2D eigenvalue weighted by Crippen LogP contribution is 2.09. The van der Waals surface area contributed by atoms with E-state index in [1.807, 2.05) is 0 Å². The molecule has 3 aromatic rings. The van der Waals surface area contributed by atoms with E-state index >= 15 is 0 Å². The Morgan fingerprint density at radius 2 is 2.33 bits per heavy atom. The Morgan fingerprint density at radius 1 is 1.50 bits per heavy atom. The fourth-order valence-electron chi connectivity index (χ4n) is 1.77. The van der Waals surface area contributed by atoms with E-state index in [0.717, 1.165) is 4.68 Å². The molecule has 8 heteroatoms. The summed E-state index contributed by atoms with van der Waals surface area (Å²) in [6.45, 7) is 0.290. The predicted octanol–water partition coefficient (Wildman–Crippen LogP) is -0.701. The molecule has 0 aliphatic carbocycles. The van der Waals surface area contributed by atoms with E-state index < -0.39 is 0 Å². The van der Waals surface area contributed by atoms with Crippen LogP contribution in [0.15, 0.2) is 23.3 Å². The zero-order valence-corrected chi connectivity index (χ0v) is 9.57. The number of ether oxygens (including phenoxy) is 1. The normalized spacial score (nSPS) is 11.4. The van der Waals surface area contributed by atoms with Gasteiger partial charge >= 0.3 is 0 Å². The van der Waals surface area contributed by atoms with Crippen molar-refractivity contribution in [2.24, 2.45) is 0 Å². The van der Waals surface area contributed by atoms with Gasteiger partial charge in [0.25, 0.3) is 11.3 Å². The molecule has 0 fully saturated rings. The van der Waals surface area contributed by atoms with Crippen molar-refractivity contribution in [1.82, 2.24) is 24.3 Å². The summed E-state index contributed by atoms with van der Waals surface area (Å²) >= 11 is 0. The minimum Gasteiger partial charge on any atom is -0.377 e. The SMILES string of the molecule is COCc1nc2ncc3c(=O)n(N)ccc3n2n1. The summed E-state index contributed by atoms with van der Waals surface area (Å²) in [4.78, 5) is 20.1. The van der Waals surface area contributed by atoms with Gasteiger partial charge in [-0.2, -0.15) is 9.50 Å². The Morgan fingerprint density at radius 3 is 3.11 bits per heavy atom. The maximum Gasteiger partial charge on any atom is 0.279 e. The Bertz CT molecular complexity index is 790. The van der Waals surface area contributed by atoms with Crippen molar-refractivity contribution in [3.05, 3.63) is 34.6 Å². The van der Waals surface area contributed by atoms with Gasteiger partial charge in [0.2, 0.25) is 0 Å². The first-order chi connectivity index (χ1) is 8.70. The molecule has 3 aromatic heterocycles. The molecule has 0 atom stereocenters. The van der Waals surface area contributed by atoms with Gasteiger partial charge in [-0.05, 0) is 6.07 Å². The van der Waals surface area contributed by atoms with Gasteiger partial charge in [-0.25, -0.2) is 9.66 Å². The van der Waals surface area contributed by atoms with Gasteiger partial charge in [0, 0.05) is 19.5 Å². The van der Waals surface area contributed by atoms with Crippen molar-refractivity contribution in [3.8, 4) is 0 Å². The molecule has 0 saturated carbocycles. The summed E-state index contributed by atoms with van der Waals surface area (Å²) in [7, 11) is 1.56. The average Bonchev–Trinajstić information content (AvgIpc) is 2.77. The largest absolute Gasteiger partial charge is 0.377 e. The summed E-state index contributed by atoms with van der Waals surface area (Å²) < 4.78 is 7.47. The summed E-state index contributed by atoms with van der Waals surface area (Å²) in [5.74, 6) is 6.42. The molecular formula is C10H10N6O2. The van der Waals surface area contributed by atoms with E-state index in [2.05, 4.69) is 15.1 Å². The number of hydrogen-bond acceptors (Lipinski definition) is 6. The summed E-state index contributed by atoms with van der Waals surface area (Å²) in [5.41, 5.74) is 0.284. The van der Waals surface area contributed by atoms with Crippen LogP contribution in [-0.2, 0) is 11.3 Å². The number of fused-ring (bicyclic) bond motifs is 3. The first kappa shape index (κ1) is 10.7. The Balaban J connectivity index is 2.39. The fourth-order valence-corrected chi connectivity index (χ4v) is 1.77. The lowest BCUT2D eigenvalue weighted by atomic mass is 10.3. The van der Waals surface area contributed by atoms with Gasteiger partial charge in [0.05, 0.1) is 10.9 Å². The van der Waals surface area contributed by atoms with Gasteiger partial charge in [-0.1, -0.05) is 0 Å². The lowest BCUT2D eigenvalue weighted by Crippen LogP contribution is -2.26. The van der Waals surface area contributed by atoms with Crippen LogP contribution in [0.1, 0.15) is 5.82 Å². The van der Waals surface area contributed by atoms with Crippen molar-refractivity contribution in [1.29, 1.82) is 0 Å². The van der Waals surface area contributed by atoms with E-state index in [0.29, 0.717) is 29.1 Å². The third kappa shape index (κ3) is 1.43. The molecule has 0 aliphatic rings. The molecule has 92 valence electrons. The first-order valence-electron chi connectivity index (χ1n) is 5.21. The van der Waals surface area contributed by atoms with Crippen molar-refractivity contribution in [2.45, 2.75) is 6.61 Å². The maximum absolute atomic E-state index is 11.8. The van der Waals surface area contributed by atoms with Crippen LogP contribution in [0.25, 0.3) is 16.7 Å². The van der Waals surface area contributed by atoms with Crippen molar-refractivity contribution in [2.75, 3.05) is 13.0 Å². The van der Waals surface area contributed by atoms with Crippen LogP contribution in [0.4, 0.5) is 0 Å². The molecule has 3 heterocycles. The van der Waals surface area contributed by atoms with Crippen LogP contribution in [0.3, 0.4) is 0 Å². The van der Waals surface area contributed by atoms with E-state index in [-0.39, 0.29) is 5.56 Å². The molecular weight excluding hydrogens is 236 g/mol. The monoisotopic (exact) mass is 246 g/mol. The lowest BCUT2D eigenvalue weighted by Gasteiger charge is -2.01. The number of rotatable bonds is 2. The highest BCUT2D eigenvalue weighted by Gasteiger charge is 2.10. The molecule has 8 nitrogen and oxygen atoms in total. The van der Waals surface area contributed by atoms with Crippen LogP contribution < -0.4 is 11.4 Å². The number of hydrogen-bond donors (Lipinski definition) is 1. The highest BCUT2D eigenvalue weighted by atomic mass is 16.5. The smallest absolute Gasteiger partial charge is 0.279 e. The minimum absolute atomic E-state index is 0.290. The third-order valence-corrected chi connectivity index (χ3v) is 2.58. The predicted molar refractivity (Wildman–Crippen MR) is 63.4 cm³/mol. The van der Waals surface area contributed by atoms with Crippen LogP contribution in [0, 0.1) is 0 Å². The van der Waals surface area contributed by atoms with Gasteiger partial charge in [0.1, 0.15) is 6.61 Å². The molecule has 0 bridgehead atoms. The van der Waals surface area contributed by atoms with Crippen molar-refractivity contribution >= 4 is 16.7 Å². The number of pyridine rings is 1. The molecule has 2 N–H and O–H groups in total. The Kier molecular flexibility index (Phi) is 2.23. The van der Waals surface area contributed by atoms with E-state index in [4.69, 9.17) is 10.6 Å². The number of nitrogens with zero attached hydrogens (tertiary/aromatic N) is 5. The molecule has 0 aliphatic heterocycles. The standard InChI is InChI=1S/C10H10N6O2/c1-18-5-8-13-10-12-4-6-7(16(10)14-8)2-3-15(11)9(6)17/h2-4H,5,11H2,1H3. The molecule has 3 rings (SSSR count). The van der Waals surface area contributed by atoms with Crippen molar-refractivity contribution in [3.63, 3.8) is 0 Å². The van der Waals surface area contributed by atoms with E-state index in [9.17, 15) is 4.79 Å². The minimum atomic E-state index is -0.328. The molecule has 0 radical (unpaired) electrons. The lowest BCUT2D eigenvalue weighted by molar-refractivity contribution is 0.178. The first-order valence-corrected chi connectivity index (χ1v) is 5.21. The molecule has 0 saturated heterocycles. The van der Waals surface area contributed by atoms with Crippen LogP contribution in [0.2, 0.25) is 0 Å². The van der Waals surface area contributed by atoms with Crippen LogP contribution in [0.5, 0.6) is 0 Å².